The molecular formula is C38H34N2O4. The van der Waals surface area contributed by atoms with Crippen molar-refractivity contribution in [2.24, 2.45) is 11.8 Å². The zero-order valence-corrected chi connectivity index (χ0v) is 25.0. The van der Waals surface area contributed by atoms with Gasteiger partial charge in [-0.15, -0.1) is 0 Å². The Hall–Kier alpha value is -4.97. The Morgan fingerprint density at radius 2 is 1.64 bits per heavy atom. The highest BCUT2D eigenvalue weighted by Gasteiger charge is 2.70. The normalized spacial score (nSPS) is 22.9. The largest absolute Gasteiger partial charge is 0.497 e. The molecule has 3 heterocycles. The summed E-state index contributed by atoms with van der Waals surface area (Å²) in [5.74, 6) is -0.722. The predicted octanol–water partition coefficient (Wildman–Crippen LogP) is 6.88. The highest BCUT2D eigenvalue weighted by molar-refractivity contribution is 6.16. The van der Waals surface area contributed by atoms with Gasteiger partial charge in [0.05, 0.1) is 19.1 Å². The molecule has 1 N–H and O–H groups in total. The Bertz CT molecular complexity index is 1820. The molecule has 0 bridgehead atoms. The highest BCUT2D eigenvalue weighted by atomic mass is 16.5. The van der Waals surface area contributed by atoms with Crippen molar-refractivity contribution in [3.8, 4) is 5.75 Å². The molecule has 3 aliphatic heterocycles. The summed E-state index contributed by atoms with van der Waals surface area (Å²) in [6.45, 7) is 4.32. The standard InChI is InChI=1S/C38H34N2O4/c1-23(2)21-24-15-17-26(18-16-24)34(41)32-33(35(42)27-10-8-11-28(22-27)44-3)40-20-19-25-9-4-5-12-29(25)36(40)38(32)30-13-6-7-14-31(30)39-37(38)43/h4-20,22-23,32-33,36H,21H2,1-3H3,(H,39,43)/t32-,33+,36+,38+/m0/s1. The van der Waals surface area contributed by atoms with E-state index >= 15 is 4.79 Å². The fraction of sp³-hybridized carbons (Fsp3) is 0.237. The number of para-hydroxylation sites is 1. The molecule has 1 fully saturated rings. The molecule has 1 spiro atoms. The second kappa shape index (κ2) is 10.6. The van der Waals surface area contributed by atoms with Crippen LogP contribution in [0.4, 0.5) is 5.69 Å². The van der Waals surface area contributed by atoms with Crippen LogP contribution in [0.3, 0.4) is 0 Å². The van der Waals surface area contributed by atoms with E-state index < -0.39 is 23.4 Å². The van der Waals surface area contributed by atoms with E-state index in [0.29, 0.717) is 28.5 Å². The zero-order chi connectivity index (χ0) is 30.6. The number of rotatable bonds is 7. The smallest absolute Gasteiger partial charge is 0.238 e. The number of methoxy groups -OCH3 is 1. The SMILES string of the molecule is COc1cccc(C(=O)[C@H]2[C@@H](C(=O)c3ccc(CC(C)C)cc3)[C@@]3(C(=O)Nc4ccccc43)[C@H]3c4ccccc4C=CN23)c1. The molecule has 0 unspecified atom stereocenters. The van der Waals surface area contributed by atoms with Crippen LogP contribution in [0, 0.1) is 11.8 Å². The molecule has 4 atom stereocenters. The fourth-order valence-corrected chi connectivity index (χ4v) is 7.57. The van der Waals surface area contributed by atoms with E-state index in [1.807, 2.05) is 90.0 Å². The van der Waals surface area contributed by atoms with Crippen molar-refractivity contribution in [2.45, 2.75) is 37.8 Å². The Morgan fingerprint density at radius 3 is 2.41 bits per heavy atom. The van der Waals surface area contributed by atoms with E-state index in [2.05, 4.69) is 19.2 Å². The van der Waals surface area contributed by atoms with Crippen molar-refractivity contribution in [1.29, 1.82) is 0 Å². The maximum Gasteiger partial charge on any atom is 0.238 e. The lowest BCUT2D eigenvalue weighted by molar-refractivity contribution is -0.122. The van der Waals surface area contributed by atoms with E-state index in [9.17, 15) is 9.59 Å². The molecule has 3 aliphatic rings. The minimum Gasteiger partial charge on any atom is -0.497 e. The molecule has 6 heteroatoms. The monoisotopic (exact) mass is 582 g/mol. The minimum atomic E-state index is -1.36. The van der Waals surface area contributed by atoms with Gasteiger partial charge in [0.25, 0.3) is 0 Å². The van der Waals surface area contributed by atoms with Crippen LogP contribution in [0.25, 0.3) is 6.08 Å². The van der Waals surface area contributed by atoms with Crippen molar-refractivity contribution in [1.82, 2.24) is 4.90 Å². The summed E-state index contributed by atoms with van der Waals surface area (Å²) >= 11 is 0. The van der Waals surface area contributed by atoms with E-state index in [4.69, 9.17) is 4.74 Å². The number of benzene rings is 4. The number of ketones is 2. The number of carbonyl (C=O) groups is 3. The molecule has 1 saturated heterocycles. The number of hydrogen-bond donors (Lipinski definition) is 1. The van der Waals surface area contributed by atoms with Gasteiger partial charge in [-0.25, -0.2) is 0 Å². The fourth-order valence-electron chi connectivity index (χ4n) is 7.57. The van der Waals surface area contributed by atoms with Gasteiger partial charge in [-0.2, -0.15) is 0 Å². The highest BCUT2D eigenvalue weighted by Crippen LogP contribution is 2.62. The second-order valence-corrected chi connectivity index (χ2v) is 12.3. The lowest BCUT2D eigenvalue weighted by Gasteiger charge is -2.38. The zero-order valence-electron chi connectivity index (χ0n) is 25.0. The van der Waals surface area contributed by atoms with E-state index in [0.717, 1.165) is 28.7 Å². The van der Waals surface area contributed by atoms with Crippen LogP contribution in [0.1, 0.15) is 62.9 Å². The van der Waals surface area contributed by atoms with Crippen LogP contribution >= 0.6 is 0 Å². The van der Waals surface area contributed by atoms with E-state index in [1.54, 1.807) is 31.4 Å². The average Bonchev–Trinajstić information content (AvgIpc) is 3.52. The second-order valence-electron chi connectivity index (χ2n) is 12.3. The molecule has 6 nitrogen and oxygen atoms in total. The Kier molecular flexibility index (Phi) is 6.73. The van der Waals surface area contributed by atoms with Gasteiger partial charge in [0.15, 0.2) is 11.6 Å². The maximum atomic E-state index is 15.0. The first-order chi connectivity index (χ1) is 21.3. The van der Waals surface area contributed by atoms with Crippen LogP contribution < -0.4 is 10.1 Å². The number of nitrogens with one attached hydrogen (secondary N) is 1. The van der Waals surface area contributed by atoms with Gasteiger partial charge in [-0.1, -0.05) is 92.7 Å². The number of hydrogen-bond acceptors (Lipinski definition) is 5. The lowest BCUT2D eigenvalue weighted by Crippen LogP contribution is -2.49. The average molecular weight is 583 g/mol. The maximum absolute atomic E-state index is 15.0. The van der Waals surface area contributed by atoms with Crippen molar-refractivity contribution in [2.75, 3.05) is 12.4 Å². The Balaban J connectivity index is 1.48. The third kappa shape index (κ3) is 4.12. The van der Waals surface area contributed by atoms with Crippen LogP contribution in [0.2, 0.25) is 0 Å². The van der Waals surface area contributed by atoms with Gasteiger partial charge >= 0.3 is 0 Å². The molecule has 4 aromatic rings. The molecule has 44 heavy (non-hydrogen) atoms. The van der Waals surface area contributed by atoms with E-state index in [1.165, 1.54) is 0 Å². The summed E-state index contributed by atoms with van der Waals surface area (Å²) in [4.78, 5) is 46.3. The lowest BCUT2D eigenvalue weighted by atomic mass is 9.62. The van der Waals surface area contributed by atoms with Crippen molar-refractivity contribution in [3.63, 3.8) is 0 Å². The van der Waals surface area contributed by atoms with Crippen LogP contribution in [-0.2, 0) is 16.6 Å². The molecule has 0 saturated carbocycles. The first kappa shape index (κ1) is 27.8. The quantitative estimate of drug-likeness (QED) is 0.241. The molecule has 4 aromatic carbocycles. The van der Waals surface area contributed by atoms with Crippen molar-refractivity contribution in [3.05, 3.63) is 137 Å². The summed E-state index contributed by atoms with van der Waals surface area (Å²) < 4.78 is 5.45. The third-order valence-corrected chi connectivity index (χ3v) is 9.36. The summed E-state index contributed by atoms with van der Waals surface area (Å²) in [5, 5.41) is 3.11. The summed E-state index contributed by atoms with van der Waals surface area (Å²) in [5.41, 5.74) is 3.97. The third-order valence-electron chi connectivity index (χ3n) is 9.36. The summed E-state index contributed by atoms with van der Waals surface area (Å²) in [7, 11) is 1.56. The summed E-state index contributed by atoms with van der Waals surface area (Å²) in [6.07, 6.45) is 4.76. The predicted molar refractivity (Wildman–Crippen MR) is 171 cm³/mol. The van der Waals surface area contributed by atoms with Gasteiger partial charge in [0.2, 0.25) is 5.91 Å². The van der Waals surface area contributed by atoms with Gasteiger partial charge in [0.1, 0.15) is 17.2 Å². The molecule has 0 aromatic heterocycles. The van der Waals surface area contributed by atoms with Gasteiger partial charge in [0, 0.05) is 23.0 Å². The van der Waals surface area contributed by atoms with E-state index in [-0.39, 0.29) is 17.5 Å². The first-order valence-corrected chi connectivity index (χ1v) is 15.1. The molecule has 0 aliphatic carbocycles. The molecule has 1 amide bonds. The molecule has 220 valence electrons. The van der Waals surface area contributed by atoms with Crippen molar-refractivity contribution >= 4 is 29.2 Å². The Morgan fingerprint density at radius 1 is 0.886 bits per heavy atom. The van der Waals surface area contributed by atoms with Crippen LogP contribution in [-0.4, -0.2) is 35.5 Å². The number of fused-ring (bicyclic) bond motifs is 6. The number of Topliss-reactive ketones (excluding diaryl/α,β-unsaturated/α-hetero) is 2. The van der Waals surface area contributed by atoms with Gasteiger partial charge in [-0.05, 0) is 58.9 Å². The van der Waals surface area contributed by atoms with Gasteiger partial charge < -0.3 is 15.0 Å². The number of amides is 1. The number of carbonyl (C=O) groups excluding carboxylic acids is 3. The number of ether oxygens (including phenoxy) is 1. The molecular weight excluding hydrogens is 548 g/mol. The summed E-state index contributed by atoms with van der Waals surface area (Å²) in [6, 6.07) is 28.7. The van der Waals surface area contributed by atoms with Crippen LogP contribution in [0.5, 0.6) is 5.75 Å². The van der Waals surface area contributed by atoms with Gasteiger partial charge in [-0.3, -0.25) is 14.4 Å². The Labute approximate surface area is 257 Å². The van der Waals surface area contributed by atoms with Crippen LogP contribution in [0.15, 0.2) is 103 Å². The number of anilines is 1. The number of nitrogens with zero attached hydrogens (tertiary/aromatic N) is 1. The van der Waals surface area contributed by atoms with Crippen molar-refractivity contribution < 1.29 is 19.1 Å². The minimum absolute atomic E-state index is 0.227. The topological polar surface area (TPSA) is 75.7 Å². The molecule has 7 rings (SSSR count). The molecule has 0 radical (unpaired) electrons. The first-order valence-electron chi connectivity index (χ1n) is 15.1.